The molecule has 102 valence electrons. The van der Waals surface area contributed by atoms with Crippen LogP contribution in [0.2, 0.25) is 0 Å². The molecule has 0 aliphatic carbocycles. The molecule has 2 rings (SSSR count). The lowest BCUT2D eigenvalue weighted by Gasteiger charge is -2.10. The van der Waals surface area contributed by atoms with E-state index >= 15 is 0 Å². The first kappa shape index (κ1) is 14.3. The lowest BCUT2D eigenvalue weighted by molar-refractivity contribution is 0.786. The number of nitrogens with two attached hydrogens (primary N) is 1. The molecule has 0 spiro atoms. The number of benzene rings is 1. The fraction of sp³-hybridized carbons (Fsp3) is 0.385. The molecule has 1 heterocycles. The molecule has 1 aromatic heterocycles. The number of nitrogens with zero attached hydrogens (tertiary/aromatic N) is 3. The fourth-order valence-electron chi connectivity index (χ4n) is 1.53. The van der Waals surface area contributed by atoms with Crippen LogP contribution in [0.25, 0.3) is 0 Å². The van der Waals surface area contributed by atoms with Crippen molar-refractivity contribution in [2.24, 2.45) is 7.05 Å². The number of thioether (sulfide) groups is 2. The van der Waals surface area contributed by atoms with Crippen LogP contribution in [-0.2, 0) is 7.05 Å². The zero-order valence-corrected chi connectivity index (χ0v) is 12.7. The quantitative estimate of drug-likeness (QED) is 0.830. The van der Waals surface area contributed by atoms with Crippen LogP contribution in [0.3, 0.4) is 0 Å². The maximum atomic E-state index is 5.66. The molecule has 2 aromatic rings. The van der Waals surface area contributed by atoms with E-state index in [1.165, 1.54) is 4.90 Å². The summed E-state index contributed by atoms with van der Waals surface area (Å²) < 4.78 is 1.82. The molecule has 0 fully saturated rings. The summed E-state index contributed by atoms with van der Waals surface area (Å²) in [6.45, 7) is 2.21. The van der Waals surface area contributed by atoms with Crippen molar-refractivity contribution in [2.75, 3.05) is 11.5 Å². The fourth-order valence-corrected chi connectivity index (χ4v) is 3.67. The van der Waals surface area contributed by atoms with Gasteiger partial charge in [0.1, 0.15) is 0 Å². The average Bonchev–Trinajstić information content (AvgIpc) is 2.72. The highest BCUT2D eigenvalue weighted by Gasteiger charge is 2.11. The van der Waals surface area contributed by atoms with Gasteiger partial charge in [-0.25, -0.2) is 0 Å². The highest BCUT2D eigenvalue weighted by Crippen LogP contribution is 2.26. The van der Waals surface area contributed by atoms with Crippen LogP contribution in [0, 0.1) is 0 Å². The number of anilines is 1. The van der Waals surface area contributed by atoms with E-state index in [-0.39, 0.29) is 0 Å². The Morgan fingerprint density at radius 1 is 1.26 bits per heavy atom. The van der Waals surface area contributed by atoms with E-state index in [0.717, 1.165) is 17.3 Å². The number of rotatable bonds is 6. The molecule has 0 radical (unpaired) electrons. The number of aromatic nitrogens is 3. The van der Waals surface area contributed by atoms with Gasteiger partial charge in [0, 0.05) is 17.2 Å². The molecular weight excluding hydrogens is 276 g/mol. The Balaban J connectivity index is 1.76. The number of hydrogen-bond donors (Lipinski definition) is 1. The third-order valence-corrected chi connectivity index (χ3v) is 4.96. The molecule has 4 nitrogen and oxygen atoms in total. The van der Waals surface area contributed by atoms with Gasteiger partial charge < -0.3 is 5.73 Å². The van der Waals surface area contributed by atoms with Crippen molar-refractivity contribution in [1.29, 1.82) is 0 Å². The second-order valence-electron chi connectivity index (χ2n) is 4.28. The first-order valence-electron chi connectivity index (χ1n) is 6.16. The molecule has 0 unspecified atom stereocenters. The SMILES string of the molecule is C[C@@H](CCSc1ccccc1)Sc1nnc(N)n1C. The molecular formula is C13H18N4S2. The predicted molar refractivity (Wildman–Crippen MR) is 82.5 cm³/mol. The van der Waals surface area contributed by atoms with Crippen LogP contribution in [0.4, 0.5) is 5.95 Å². The van der Waals surface area contributed by atoms with Gasteiger partial charge in [0.25, 0.3) is 0 Å². The summed E-state index contributed by atoms with van der Waals surface area (Å²) in [5, 5.41) is 9.31. The zero-order valence-electron chi connectivity index (χ0n) is 11.1. The molecule has 2 N–H and O–H groups in total. The molecule has 1 aromatic carbocycles. The summed E-state index contributed by atoms with van der Waals surface area (Å²) in [6, 6.07) is 10.5. The largest absolute Gasteiger partial charge is 0.368 e. The Bertz CT molecular complexity index is 513. The van der Waals surface area contributed by atoms with Gasteiger partial charge in [0.05, 0.1) is 0 Å². The molecule has 0 bridgehead atoms. The minimum absolute atomic E-state index is 0.466. The van der Waals surface area contributed by atoms with Gasteiger partial charge >= 0.3 is 0 Å². The predicted octanol–water partition coefficient (Wildman–Crippen LogP) is 3.06. The molecule has 19 heavy (non-hydrogen) atoms. The molecule has 0 saturated carbocycles. The Morgan fingerprint density at radius 2 is 2.00 bits per heavy atom. The van der Waals surface area contributed by atoms with Crippen molar-refractivity contribution >= 4 is 29.5 Å². The molecule has 0 aliphatic heterocycles. The van der Waals surface area contributed by atoms with Crippen molar-refractivity contribution in [1.82, 2.24) is 14.8 Å². The normalized spacial score (nSPS) is 12.5. The second kappa shape index (κ2) is 6.86. The van der Waals surface area contributed by atoms with Gasteiger partial charge in [-0.1, -0.05) is 36.9 Å². The Labute approximate surface area is 122 Å². The van der Waals surface area contributed by atoms with E-state index in [9.17, 15) is 0 Å². The van der Waals surface area contributed by atoms with Crippen molar-refractivity contribution in [3.8, 4) is 0 Å². The summed E-state index contributed by atoms with van der Waals surface area (Å²) in [5.74, 6) is 1.57. The molecule has 0 aliphatic rings. The standard InChI is InChI=1S/C13H18N4S2/c1-10(19-13-16-15-12(14)17(13)2)8-9-18-11-6-4-3-5-7-11/h3-7,10H,8-9H2,1-2H3,(H2,14,15)/t10-/m0/s1. The maximum absolute atomic E-state index is 5.66. The van der Waals surface area contributed by atoms with Gasteiger partial charge in [-0.3, -0.25) is 4.57 Å². The van der Waals surface area contributed by atoms with Crippen LogP contribution in [0.15, 0.2) is 40.4 Å². The third kappa shape index (κ3) is 4.18. The van der Waals surface area contributed by atoms with E-state index in [1.54, 1.807) is 11.8 Å². The van der Waals surface area contributed by atoms with Crippen LogP contribution in [0.5, 0.6) is 0 Å². The minimum Gasteiger partial charge on any atom is -0.368 e. The first-order chi connectivity index (χ1) is 9.16. The Hall–Kier alpha value is -1.14. The van der Waals surface area contributed by atoms with Gasteiger partial charge in [-0.15, -0.1) is 22.0 Å². The van der Waals surface area contributed by atoms with E-state index in [4.69, 9.17) is 5.73 Å². The lowest BCUT2D eigenvalue weighted by Crippen LogP contribution is -2.02. The lowest BCUT2D eigenvalue weighted by atomic mass is 10.4. The highest BCUT2D eigenvalue weighted by molar-refractivity contribution is 8.00. The van der Waals surface area contributed by atoms with Crippen molar-refractivity contribution in [3.63, 3.8) is 0 Å². The summed E-state index contributed by atoms with van der Waals surface area (Å²) in [7, 11) is 1.89. The molecule has 1 atom stereocenters. The first-order valence-corrected chi connectivity index (χ1v) is 8.02. The van der Waals surface area contributed by atoms with E-state index in [2.05, 4.69) is 41.4 Å². The zero-order chi connectivity index (χ0) is 13.7. The van der Waals surface area contributed by atoms with E-state index < -0.39 is 0 Å². The molecule has 0 saturated heterocycles. The van der Waals surface area contributed by atoms with Crippen LogP contribution in [0.1, 0.15) is 13.3 Å². The van der Waals surface area contributed by atoms with Crippen molar-refractivity contribution in [2.45, 2.75) is 28.6 Å². The van der Waals surface area contributed by atoms with Crippen LogP contribution in [-0.4, -0.2) is 25.8 Å². The highest BCUT2D eigenvalue weighted by atomic mass is 32.2. The molecule has 6 heteroatoms. The number of nitrogen functional groups attached to an aromatic ring is 1. The van der Waals surface area contributed by atoms with Crippen molar-refractivity contribution < 1.29 is 0 Å². The van der Waals surface area contributed by atoms with E-state index in [0.29, 0.717) is 11.2 Å². The van der Waals surface area contributed by atoms with Gasteiger partial charge in [0.2, 0.25) is 5.95 Å². The van der Waals surface area contributed by atoms with Crippen LogP contribution >= 0.6 is 23.5 Å². The summed E-state index contributed by atoms with van der Waals surface area (Å²) in [6.07, 6.45) is 1.12. The van der Waals surface area contributed by atoms with Gasteiger partial charge in [-0.2, -0.15) is 0 Å². The number of hydrogen-bond acceptors (Lipinski definition) is 5. The maximum Gasteiger partial charge on any atom is 0.222 e. The monoisotopic (exact) mass is 294 g/mol. The Kier molecular flexibility index (Phi) is 5.15. The third-order valence-electron chi connectivity index (χ3n) is 2.71. The Morgan fingerprint density at radius 3 is 2.63 bits per heavy atom. The average molecular weight is 294 g/mol. The van der Waals surface area contributed by atoms with Crippen molar-refractivity contribution in [3.05, 3.63) is 30.3 Å². The smallest absolute Gasteiger partial charge is 0.222 e. The van der Waals surface area contributed by atoms with E-state index in [1.807, 2.05) is 29.4 Å². The summed E-state index contributed by atoms with van der Waals surface area (Å²) in [5.41, 5.74) is 5.66. The molecule has 0 amide bonds. The second-order valence-corrected chi connectivity index (χ2v) is 6.85. The topological polar surface area (TPSA) is 56.7 Å². The minimum atomic E-state index is 0.466. The van der Waals surface area contributed by atoms with Crippen LogP contribution < -0.4 is 5.73 Å². The summed E-state index contributed by atoms with van der Waals surface area (Å²) >= 11 is 3.61. The van der Waals surface area contributed by atoms with Gasteiger partial charge in [-0.05, 0) is 24.3 Å². The summed E-state index contributed by atoms with van der Waals surface area (Å²) in [4.78, 5) is 1.32. The van der Waals surface area contributed by atoms with Gasteiger partial charge in [0.15, 0.2) is 5.16 Å².